The third kappa shape index (κ3) is 4.92. The first kappa shape index (κ1) is 22.0. The molecular weight excluding hydrogens is 459 g/mol. The molecule has 29 heavy (non-hydrogen) atoms. The van der Waals surface area contributed by atoms with Crippen molar-refractivity contribution in [3.63, 3.8) is 0 Å². The molecule has 0 bridgehead atoms. The second-order valence-corrected chi connectivity index (χ2v) is 10.2. The zero-order valence-electron chi connectivity index (χ0n) is 15.4. The standard InChI is InChI=1S/C18H18Cl2N2O5S2/c1-27-18(24)13-10-17(28-11-13)29(25,26)22-6-4-21(5-7-22)16(23)9-12-2-3-14(19)15(20)8-12/h2-3,8,10-11H,4-7,9H2,1H3. The van der Waals surface area contributed by atoms with E-state index in [0.717, 1.165) is 16.9 Å². The van der Waals surface area contributed by atoms with Crippen LogP contribution in [0.4, 0.5) is 0 Å². The molecule has 0 saturated carbocycles. The summed E-state index contributed by atoms with van der Waals surface area (Å²) in [5, 5.41) is 2.26. The average molecular weight is 477 g/mol. The minimum Gasteiger partial charge on any atom is -0.465 e. The van der Waals surface area contributed by atoms with Gasteiger partial charge >= 0.3 is 5.97 Å². The van der Waals surface area contributed by atoms with Crippen LogP contribution >= 0.6 is 34.5 Å². The van der Waals surface area contributed by atoms with Gasteiger partial charge in [-0.2, -0.15) is 4.31 Å². The Bertz CT molecular complexity index is 1030. The number of thiophene rings is 1. The Hall–Kier alpha value is -1.65. The highest BCUT2D eigenvalue weighted by atomic mass is 35.5. The number of hydrogen-bond acceptors (Lipinski definition) is 6. The van der Waals surface area contributed by atoms with Crippen LogP contribution in [0, 0.1) is 0 Å². The van der Waals surface area contributed by atoms with E-state index in [0.29, 0.717) is 10.0 Å². The minimum absolute atomic E-state index is 0.0773. The van der Waals surface area contributed by atoms with Crippen LogP contribution in [-0.2, 0) is 26.0 Å². The summed E-state index contributed by atoms with van der Waals surface area (Å²) >= 11 is 12.8. The van der Waals surface area contributed by atoms with E-state index in [1.165, 1.54) is 22.9 Å². The molecule has 1 aromatic carbocycles. The van der Waals surface area contributed by atoms with Gasteiger partial charge in [-0.3, -0.25) is 4.79 Å². The van der Waals surface area contributed by atoms with Crippen LogP contribution in [0.5, 0.6) is 0 Å². The number of benzene rings is 1. The van der Waals surface area contributed by atoms with E-state index < -0.39 is 16.0 Å². The summed E-state index contributed by atoms with van der Waals surface area (Å²) in [4.78, 5) is 25.7. The van der Waals surface area contributed by atoms with Crippen LogP contribution in [0.2, 0.25) is 10.0 Å². The fourth-order valence-corrected chi connectivity index (χ4v) is 5.96. The second-order valence-electron chi connectivity index (χ2n) is 6.36. The van der Waals surface area contributed by atoms with Gasteiger partial charge < -0.3 is 9.64 Å². The third-order valence-electron chi connectivity index (χ3n) is 4.52. The fraction of sp³-hybridized carbons (Fsp3) is 0.333. The van der Waals surface area contributed by atoms with Gasteiger partial charge in [-0.25, -0.2) is 13.2 Å². The molecule has 1 amide bonds. The molecule has 0 spiro atoms. The summed E-state index contributed by atoms with van der Waals surface area (Å²) in [5.41, 5.74) is 0.944. The smallest absolute Gasteiger partial charge is 0.338 e. The number of carbonyl (C=O) groups is 2. The number of amides is 1. The van der Waals surface area contributed by atoms with Gasteiger partial charge in [0.25, 0.3) is 10.0 Å². The van der Waals surface area contributed by atoms with Crippen molar-refractivity contribution in [2.75, 3.05) is 33.3 Å². The quantitative estimate of drug-likeness (QED) is 0.619. The van der Waals surface area contributed by atoms with E-state index in [9.17, 15) is 18.0 Å². The zero-order chi connectivity index (χ0) is 21.2. The normalized spacial score (nSPS) is 15.3. The summed E-state index contributed by atoms with van der Waals surface area (Å²) in [6, 6.07) is 6.34. The predicted molar refractivity (Wildman–Crippen MR) is 111 cm³/mol. The summed E-state index contributed by atoms with van der Waals surface area (Å²) in [7, 11) is -2.49. The number of sulfonamides is 1. The maximum atomic E-state index is 12.8. The molecule has 11 heteroatoms. The van der Waals surface area contributed by atoms with Gasteiger partial charge in [0.2, 0.25) is 5.91 Å². The van der Waals surface area contributed by atoms with Gasteiger partial charge in [0.05, 0.1) is 29.1 Å². The molecule has 1 aliphatic rings. The number of hydrogen-bond donors (Lipinski definition) is 0. The van der Waals surface area contributed by atoms with E-state index in [2.05, 4.69) is 4.74 Å². The predicted octanol–water partition coefficient (Wildman–Crippen LogP) is 2.92. The van der Waals surface area contributed by atoms with E-state index in [1.54, 1.807) is 23.1 Å². The van der Waals surface area contributed by atoms with Gasteiger partial charge in [-0.15, -0.1) is 11.3 Å². The molecule has 0 unspecified atom stereocenters. The number of halogens is 2. The number of nitrogens with zero attached hydrogens (tertiary/aromatic N) is 2. The van der Waals surface area contributed by atoms with Crippen LogP contribution in [0.3, 0.4) is 0 Å². The molecule has 7 nitrogen and oxygen atoms in total. The lowest BCUT2D eigenvalue weighted by Gasteiger charge is -2.33. The molecule has 0 atom stereocenters. The number of piperazine rings is 1. The molecule has 1 aliphatic heterocycles. The maximum absolute atomic E-state index is 12.8. The van der Waals surface area contributed by atoms with Gasteiger partial charge in [-0.1, -0.05) is 29.3 Å². The molecule has 1 aromatic heterocycles. The van der Waals surface area contributed by atoms with Crippen LogP contribution < -0.4 is 0 Å². The van der Waals surface area contributed by atoms with Crippen molar-refractivity contribution in [3.8, 4) is 0 Å². The molecule has 0 radical (unpaired) electrons. The number of rotatable bonds is 5. The summed E-state index contributed by atoms with van der Waals surface area (Å²) in [5.74, 6) is -0.690. The molecule has 0 N–H and O–H groups in total. The Labute approximate surface area is 182 Å². The average Bonchev–Trinajstić information content (AvgIpc) is 3.21. The monoisotopic (exact) mass is 476 g/mol. The second kappa shape index (κ2) is 9.01. The summed E-state index contributed by atoms with van der Waals surface area (Å²) in [6.07, 6.45) is 0.164. The van der Waals surface area contributed by atoms with Crippen molar-refractivity contribution >= 4 is 56.4 Å². The van der Waals surface area contributed by atoms with Crippen LogP contribution in [0.25, 0.3) is 0 Å². The first-order chi connectivity index (χ1) is 13.7. The molecule has 0 aliphatic carbocycles. The highest BCUT2D eigenvalue weighted by Gasteiger charge is 2.31. The highest BCUT2D eigenvalue weighted by Crippen LogP contribution is 2.26. The van der Waals surface area contributed by atoms with Gasteiger partial charge in [0.15, 0.2) is 0 Å². The molecular formula is C18H18Cl2N2O5S2. The van der Waals surface area contributed by atoms with Crippen molar-refractivity contribution in [1.29, 1.82) is 0 Å². The van der Waals surface area contributed by atoms with Crippen molar-refractivity contribution in [2.45, 2.75) is 10.6 Å². The van der Waals surface area contributed by atoms with Crippen LogP contribution in [-0.4, -0.2) is 62.8 Å². The Balaban J connectivity index is 1.61. The number of esters is 1. The molecule has 1 fully saturated rings. The Morgan fingerprint density at radius 2 is 1.79 bits per heavy atom. The number of methoxy groups -OCH3 is 1. The molecule has 1 saturated heterocycles. The molecule has 3 rings (SSSR count). The molecule has 156 valence electrons. The first-order valence-electron chi connectivity index (χ1n) is 8.61. The lowest BCUT2D eigenvalue weighted by atomic mass is 10.1. The molecule has 2 heterocycles. The summed E-state index contributed by atoms with van der Waals surface area (Å²) in [6.45, 7) is 0.936. The first-order valence-corrected chi connectivity index (χ1v) is 11.7. The van der Waals surface area contributed by atoms with Crippen LogP contribution in [0.15, 0.2) is 33.9 Å². The lowest BCUT2D eigenvalue weighted by Crippen LogP contribution is -2.50. The van der Waals surface area contributed by atoms with Crippen LogP contribution in [0.1, 0.15) is 15.9 Å². The highest BCUT2D eigenvalue weighted by molar-refractivity contribution is 7.91. The summed E-state index contributed by atoms with van der Waals surface area (Å²) < 4.78 is 31.6. The van der Waals surface area contributed by atoms with Crippen molar-refractivity contribution in [1.82, 2.24) is 9.21 Å². The Morgan fingerprint density at radius 1 is 1.10 bits per heavy atom. The van der Waals surface area contributed by atoms with E-state index in [-0.39, 0.29) is 48.3 Å². The zero-order valence-corrected chi connectivity index (χ0v) is 18.6. The largest absolute Gasteiger partial charge is 0.465 e. The third-order valence-corrected chi connectivity index (χ3v) is 8.57. The van der Waals surface area contributed by atoms with E-state index in [4.69, 9.17) is 23.2 Å². The number of ether oxygens (including phenoxy) is 1. The minimum atomic E-state index is -3.73. The Morgan fingerprint density at radius 3 is 2.41 bits per heavy atom. The fourth-order valence-electron chi connectivity index (χ4n) is 2.92. The van der Waals surface area contributed by atoms with Crippen molar-refractivity contribution in [2.24, 2.45) is 0 Å². The molecule has 2 aromatic rings. The SMILES string of the molecule is COC(=O)c1csc(S(=O)(=O)N2CCN(C(=O)Cc3ccc(Cl)c(Cl)c3)CC2)c1. The van der Waals surface area contributed by atoms with E-state index >= 15 is 0 Å². The Kier molecular flexibility index (Phi) is 6.85. The maximum Gasteiger partial charge on any atom is 0.338 e. The van der Waals surface area contributed by atoms with E-state index in [1.807, 2.05) is 0 Å². The lowest BCUT2D eigenvalue weighted by molar-refractivity contribution is -0.131. The van der Waals surface area contributed by atoms with Crippen molar-refractivity contribution in [3.05, 3.63) is 50.8 Å². The van der Waals surface area contributed by atoms with Gasteiger partial charge in [0, 0.05) is 31.6 Å². The van der Waals surface area contributed by atoms with Gasteiger partial charge in [-0.05, 0) is 23.8 Å². The topological polar surface area (TPSA) is 84.0 Å². The van der Waals surface area contributed by atoms with Gasteiger partial charge in [0.1, 0.15) is 4.21 Å². The van der Waals surface area contributed by atoms with Crippen molar-refractivity contribution < 1.29 is 22.7 Å². The number of carbonyl (C=O) groups excluding carboxylic acids is 2.